The van der Waals surface area contributed by atoms with Gasteiger partial charge >= 0.3 is 29.5 Å². The van der Waals surface area contributed by atoms with Gasteiger partial charge in [-0.05, 0) is 41.4 Å². The van der Waals surface area contributed by atoms with Gasteiger partial charge < -0.3 is 29.4 Å². The van der Waals surface area contributed by atoms with Gasteiger partial charge in [0.05, 0.1) is 18.3 Å². The zero-order chi connectivity index (χ0) is 30.9. The first-order chi connectivity index (χ1) is 20.7. The maximum Gasteiger partial charge on any atom is 0.410 e. The van der Waals surface area contributed by atoms with Crippen molar-refractivity contribution in [3.05, 3.63) is 82.2 Å². The number of fused-ring (bicyclic) bond motifs is 1. The Morgan fingerprint density at radius 3 is 2.51 bits per heavy atom. The molecule has 3 aromatic rings. The topological polar surface area (TPSA) is 184 Å². The summed E-state index contributed by atoms with van der Waals surface area (Å²) in [5.74, 6) is -3.69. The van der Waals surface area contributed by atoms with Crippen LogP contribution in [0.1, 0.15) is 40.5 Å². The lowest BCUT2D eigenvalue weighted by molar-refractivity contribution is -0.804. The molecule has 2 N–H and O–H groups in total. The van der Waals surface area contributed by atoms with Gasteiger partial charge in [0, 0.05) is 13.0 Å². The largest absolute Gasteiger partial charge is 0.480 e. The average Bonchev–Trinajstić information content (AvgIpc) is 3.39. The van der Waals surface area contributed by atoms with Crippen molar-refractivity contribution in [1.82, 2.24) is 15.4 Å². The molecule has 0 unspecified atom stereocenters. The van der Waals surface area contributed by atoms with Crippen molar-refractivity contribution in [2.75, 3.05) is 20.3 Å². The third kappa shape index (κ3) is 7.65. The molecule has 0 bridgehead atoms. The molecule has 4 rings (SSSR count). The third-order valence-electron chi connectivity index (χ3n) is 7.02. The molecule has 0 saturated heterocycles. The third-order valence-corrected chi connectivity index (χ3v) is 7.02. The van der Waals surface area contributed by atoms with Crippen molar-refractivity contribution >= 4 is 23.8 Å². The fourth-order valence-corrected chi connectivity index (χ4v) is 4.79. The van der Waals surface area contributed by atoms with Gasteiger partial charge in [0.25, 0.3) is 0 Å². The number of aryl methyl sites for hydroxylation is 1. The van der Waals surface area contributed by atoms with Gasteiger partial charge in [-0.3, -0.25) is 19.5 Å². The van der Waals surface area contributed by atoms with Crippen molar-refractivity contribution in [1.29, 1.82) is 0 Å². The lowest BCUT2D eigenvalue weighted by atomic mass is 9.93. The molecule has 2 heterocycles. The zero-order valence-electron chi connectivity index (χ0n) is 23.6. The minimum Gasteiger partial charge on any atom is -0.480 e. The number of carbonyl (C=O) groups excluding carboxylic acids is 3. The van der Waals surface area contributed by atoms with Crippen LogP contribution < -0.4 is 15.0 Å². The molecule has 1 aliphatic rings. The maximum atomic E-state index is 13.5. The number of aromatic nitrogens is 2. The number of aliphatic carboxylic acids is 1. The van der Waals surface area contributed by atoms with Crippen LogP contribution in [0.3, 0.4) is 0 Å². The van der Waals surface area contributed by atoms with Crippen molar-refractivity contribution < 1.29 is 48.0 Å². The summed E-state index contributed by atoms with van der Waals surface area (Å²) in [6.45, 7) is 1.16. The number of amides is 1. The number of nitrogens with one attached hydrogen (secondary N) is 1. The SMILES string of the molecule is COC(=O)c1c(OCCOC(=O)[C@H](CCc2ccccc2)N[C@@H](C)C(=O)N2Cc3ccccc3C[C@H]2C(=O)O)no[n+]1[O-]. The lowest BCUT2D eigenvalue weighted by Crippen LogP contribution is -2.56. The Hall–Kier alpha value is -4.98. The molecule has 0 saturated carbocycles. The number of hydrogen-bond acceptors (Lipinski definition) is 11. The van der Waals surface area contributed by atoms with Crippen LogP contribution in [0.25, 0.3) is 0 Å². The fourth-order valence-electron chi connectivity index (χ4n) is 4.79. The second-order valence-corrected chi connectivity index (χ2v) is 9.85. The summed E-state index contributed by atoms with van der Waals surface area (Å²) in [6, 6.07) is 13.9. The molecule has 2 aromatic carbocycles. The van der Waals surface area contributed by atoms with Gasteiger partial charge in [-0.25, -0.2) is 9.59 Å². The van der Waals surface area contributed by atoms with Crippen LogP contribution in [0, 0.1) is 5.21 Å². The van der Waals surface area contributed by atoms with Crippen LogP contribution in [-0.4, -0.2) is 77.4 Å². The first kappa shape index (κ1) is 31.0. The second kappa shape index (κ2) is 14.3. The summed E-state index contributed by atoms with van der Waals surface area (Å²) >= 11 is 0. The monoisotopic (exact) mass is 596 g/mol. The molecule has 0 aliphatic carbocycles. The Balaban J connectivity index is 1.41. The van der Waals surface area contributed by atoms with E-state index in [1.165, 1.54) is 4.90 Å². The quantitative estimate of drug-likeness (QED) is 0.163. The summed E-state index contributed by atoms with van der Waals surface area (Å²) in [5, 5.41) is 27.8. The van der Waals surface area contributed by atoms with E-state index in [1.54, 1.807) is 6.92 Å². The Labute approximate surface area is 246 Å². The number of nitrogens with zero attached hydrogens (tertiary/aromatic N) is 3. The van der Waals surface area contributed by atoms with Gasteiger partial charge in [0.15, 0.2) is 0 Å². The highest BCUT2D eigenvalue weighted by molar-refractivity contribution is 5.88. The molecule has 1 aromatic heterocycles. The van der Waals surface area contributed by atoms with Gasteiger partial charge in [-0.15, -0.1) is 0 Å². The van der Waals surface area contributed by atoms with Gasteiger partial charge in [-0.1, -0.05) is 54.6 Å². The number of ether oxygens (including phenoxy) is 3. The molecule has 0 radical (unpaired) electrons. The average molecular weight is 597 g/mol. The second-order valence-electron chi connectivity index (χ2n) is 9.85. The van der Waals surface area contributed by atoms with Gasteiger partial charge in [0.1, 0.15) is 25.3 Å². The number of carbonyl (C=O) groups is 4. The van der Waals surface area contributed by atoms with Crippen LogP contribution in [0.15, 0.2) is 59.2 Å². The highest BCUT2D eigenvalue weighted by atomic mass is 16.8. The van der Waals surface area contributed by atoms with E-state index in [0.717, 1.165) is 23.8 Å². The summed E-state index contributed by atoms with van der Waals surface area (Å²) in [7, 11) is 1.07. The molecule has 0 fully saturated rings. The fraction of sp³-hybridized carbons (Fsp3) is 0.379. The highest BCUT2D eigenvalue weighted by Gasteiger charge is 2.37. The summed E-state index contributed by atoms with van der Waals surface area (Å²) in [4.78, 5) is 51.6. The van der Waals surface area contributed by atoms with Crippen molar-refractivity contribution in [3.8, 4) is 5.88 Å². The van der Waals surface area contributed by atoms with Gasteiger partial charge in [-0.2, -0.15) is 0 Å². The smallest absolute Gasteiger partial charge is 0.410 e. The minimum absolute atomic E-state index is 0.132. The van der Waals surface area contributed by atoms with Crippen LogP contribution in [0.5, 0.6) is 5.88 Å². The number of carboxylic acid groups (broad SMARTS) is 1. The van der Waals surface area contributed by atoms with E-state index in [2.05, 4.69) is 19.8 Å². The number of esters is 2. The van der Waals surface area contributed by atoms with Crippen LogP contribution >= 0.6 is 0 Å². The number of carboxylic acids is 1. The zero-order valence-corrected chi connectivity index (χ0v) is 23.6. The number of benzene rings is 2. The Morgan fingerprint density at radius 2 is 1.81 bits per heavy atom. The number of rotatable bonds is 13. The first-order valence-electron chi connectivity index (χ1n) is 13.6. The number of hydrogen-bond donors (Lipinski definition) is 2. The number of methoxy groups -OCH3 is 1. The van der Waals surface area contributed by atoms with E-state index < -0.39 is 53.5 Å². The first-order valence-corrected chi connectivity index (χ1v) is 13.6. The minimum atomic E-state index is -1.11. The van der Waals surface area contributed by atoms with E-state index >= 15 is 0 Å². The van der Waals surface area contributed by atoms with E-state index in [1.807, 2.05) is 54.6 Å². The molecule has 1 amide bonds. The van der Waals surface area contributed by atoms with Crippen LogP contribution in [0.2, 0.25) is 0 Å². The highest BCUT2D eigenvalue weighted by Crippen LogP contribution is 2.24. The lowest BCUT2D eigenvalue weighted by Gasteiger charge is -2.36. The Bertz CT molecular complexity index is 1440. The van der Waals surface area contributed by atoms with E-state index in [9.17, 15) is 29.5 Å². The van der Waals surface area contributed by atoms with Crippen molar-refractivity contribution in [2.24, 2.45) is 0 Å². The standard InChI is InChI=1S/C29H32N4O10/c1-18(26(34)32-17-21-11-7-6-10-20(21)16-23(32)27(35)36)30-22(13-12-19-8-4-3-5-9-19)28(37)42-15-14-41-25-24(29(38)40-2)33(39)43-31-25/h3-11,18,22-23,30H,12-17H2,1-2H3,(H,35,36)/t18-,22-,23-/m0/s1. The normalized spacial score (nSPS) is 15.6. The summed E-state index contributed by atoms with van der Waals surface area (Å²) in [6.07, 6.45) is 0.947. The van der Waals surface area contributed by atoms with Crippen molar-refractivity contribution in [3.63, 3.8) is 0 Å². The molecule has 14 nitrogen and oxygen atoms in total. The molecule has 1 aliphatic heterocycles. The van der Waals surface area contributed by atoms with Crippen LogP contribution in [-0.2, 0) is 43.2 Å². The Morgan fingerprint density at radius 1 is 1.12 bits per heavy atom. The van der Waals surface area contributed by atoms with Gasteiger partial charge in [0.2, 0.25) is 5.91 Å². The summed E-state index contributed by atoms with van der Waals surface area (Å²) < 4.78 is 19.5. The summed E-state index contributed by atoms with van der Waals surface area (Å²) in [5.41, 5.74) is 2.12. The predicted molar refractivity (Wildman–Crippen MR) is 147 cm³/mol. The Kier molecular flexibility index (Phi) is 10.3. The molecule has 228 valence electrons. The molecule has 43 heavy (non-hydrogen) atoms. The molecule has 0 spiro atoms. The molecule has 14 heteroatoms. The van der Waals surface area contributed by atoms with E-state index in [4.69, 9.17) is 9.47 Å². The molecular formula is C29H32N4O10. The van der Waals surface area contributed by atoms with Crippen molar-refractivity contribution in [2.45, 2.75) is 50.9 Å². The predicted octanol–water partition coefficient (Wildman–Crippen LogP) is 1.03. The van der Waals surface area contributed by atoms with E-state index in [-0.39, 0.29) is 37.5 Å². The molecule has 3 atom stereocenters. The molecular weight excluding hydrogens is 564 g/mol. The van der Waals surface area contributed by atoms with Crippen LogP contribution in [0.4, 0.5) is 0 Å². The van der Waals surface area contributed by atoms with E-state index in [0.29, 0.717) is 6.42 Å². The maximum absolute atomic E-state index is 13.5.